The summed E-state index contributed by atoms with van der Waals surface area (Å²) < 4.78 is 5.42. The Hall–Kier alpha value is -2.49. The quantitative estimate of drug-likeness (QED) is 0.881. The lowest BCUT2D eigenvalue weighted by Crippen LogP contribution is -2.12. The number of carbonyl (C=O) groups excluding carboxylic acids is 1. The fourth-order valence-electron chi connectivity index (χ4n) is 2.22. The zero-order valence-corrected chi connectivity index (χ0v) is 11.1. The van der Waals surface area contributed by atoms with Crippen molar-refractivity contribution in [2.45, 2.75) is 13.3 Å². The van der Waals surface area contributed by atoms with Crippen molar-refractivity contribution in [3.05, 3.63) is 53.1 Å². The summed E-state index contributed by atoms with van der Waals surface area (Å²) in [5, 5.41) is 12.4. The summed E-state index contributed by atoms with van der Waals surface area (Å²) >= 11 is 0. The van der Waals surface area contributed by atoms with E-state index >= 15 is 0 Å². The summed E-state index contributed by atoms with van der Waals surface area (Å²) in [7, 11) is 0. The molecule has 0 bridgehead atoms. The number of anilines is 1. The summed E-state index contributed by atoms with van der Waals surface area (Å²) in [4.78, 5) is 12.2. The van der Waals surface area contributed by atoms with Crippen LogP contribution in [0.15, 0.2) is 36.4 Å². The fourth-order valence-corrected chi connectivity index (χ4v) is 2.22. The highest BCUT2D eigenvalue weighted by molar-refractivity contribution is 6.04. The fraction of sp³-hybridized carbons (Fsp3) is 0.188. The normalized spacial score (nSPS) is 12.7. The first-order valence-electron chi connectivity index (χ1n) is 6.50. The third-order valence-electron chi connectivity index (χ3n) is 3.42. The van der Waals surface area contributed by atoms with E-state index in [4.69, 9.17) is 4.74 Å². The van der Waals surface area contributed by atoms with Gasteiger partial charge in [-0.2, -0.15) is 0 Å². The van der Waals surface area contributed by atoms with Crippen LogP contribution in [0, 0.1) is 6.92 Å². The number of aromatic hydroxyl groups is 1. The molecule has 4 nitrogen and oxygen atoms in total. The van der Waals surface area contributed by atoms with Gasteiger partial charge in [-0.1, -0.05) is 6.07 Å². The molecule has 0 aliphatic carbocycles. The van der Waals surface area contributed by atoms with Gasteiger partial charge in [0.25, 0.3) is 5.91 Å². The van der Waals surface area contributed by atoms with Crippen LogP contribution in [0.25, 0.3) is 0 Å². The van der Waals surface area contributed by atoms with Gasteiger partial charge >= 0.3 is 0 Å². The Morgan fingerprint density at radius 3 is 2.90 bits per heavy atom. The Morgan fingerprint density at radius 2 is 2.10 bits per heavy atom. The Balaban J connectivity index is 1.80. The van der Waals surface area contributed by atoms with E-state index in [0.717, 1.165) is 23.3 Å². The summed E-state index contributed by atoms with van der Waals surface area (Å²) in [6.07, 6.45) is 0.835. The number of rotatable bonds is 2. The van der Waals surface area contributed by atoms with E-state index in [-0.39, 0.29) is 11.7 Å². The highest BCUT2D eigenvalue weighted by atomic mass is 16.5. The molecule has 3 rings (SSSR count). The molecule has 1 amide bonds. The van der Waals surface area contributed by atoms with Crippen molar-refractivity contribution in [3.63, 3.8) is 0 Å². The Bertz CT molecular complexity index is 679. The molecular weight excluding hydrogens is 254 g/mol. The van der Waals surface area contributed by atoms with Crippen LogP contribution in [0.3, 0.4) is 0 Å². The molecule has 102 valence electrons. The molecule has 1 heterocycles. The number of hydrogen-bond acceptors (Lipinski definition) is 3. The highest BCUT2D eigenvalue weighted by Crippen LogP contribution is 2.26. The number of aryl methyl sites for hydroxylation is 1. The molecule has 2 N–H and O–H groups in total. The predicted molar refractivity (Wildman–Crippen MR) is 76.4 cm³/mol. The second kappa shape index (κ2) is 4.89. The van der Waals surface area contributed by atoms with Crippen LogP contribution >= 0.6 is 0 Å². The van der Waals surface area contributed by atoms with E-state index in [0.29, 0.717) is 17.9 Å². The van der Waals surface area contributed by atoms with Gasteiger partial charge in [0.15, 0.2) is 0 Å². The SMILES string of the molecule is Cc1ccc(NC(=O)c2ccc3c(c2)CCO3)cc1O. The third kappa shape index (κ3) is 2.32. The number of hydrogen-bond donors (Lipinski definition) is 2. The van der Waals surface area contributed by atoms with Gasteiger partial charge in [-0.3, -0.25) is 4.79 Å². The zero-order valence-electron chi connectivity index (χ0n) is 11.1. The molecule has 2 aromatic carbocycles. The van der Waals surface area contributed by atoms with Crippen molar-refractivity contribution < 1.29 is 14.6 Å². The third-order valence-corrected chi connectivity index (χ3v) is 3.42. The average Bonchev–Trinajstić information content (AvgIpc) is 2.90. The molecule has 0 saturated carbocycles. The molecule has 0 unspecified atom stereocenters. The molecule has 0 atom stereocenters. The van der Waals surface area contributed by atoms with Crippen molar-refractivity contribution in [3.8, 4) is 11.5 Å². The number of phenolic OH excluding ortho intramolecular Hbond substituents is 1. The second-order valence-corrected chi connectivity index (χ2v) is 4.88. The second-order valence-electron chi connectivity index (χ2n) is 4.88. The molecule has 0 spiro atoms. The van der Waals surface area contributed by atoms with E-state index in [9.17, 15) is 9.90 Å². The lowest BCUT2D eigenvalue weighted by molar-refractivity contribution is 0.102. The average molecular weight is 269 g/mol. The highest BCUT2D eigenvalue weighted by Gasteiger charge is 2.15. The van der Waals surface area contributed by atoms with E-state index < -0.39 is 0 Å². The van der Waals surface area contributed by atoms with Gasteiger partial charge in [0.05, 0.1) is 6.61 Å². The number of fused-ring (bicyclic) bond motifs is 1. The topological polar surface area (TPSA) is 58.6 Å². The van der Waals surface area contributed by atoms with Crippen LogP contribution in [-0.2, 0) is 6.42 Å². The van der Waals surface area contributed by atoms with Gasteiger partial charge in [-0.05, 0) is 42.3 Å². The molecule has 4 heteroatoms. The van der Waals surface area contributed by atoms with Crippen molar-refractivity contribution >= 4 is 11.6 Å². The van der Waals surface area contributed by atoms with Gasteiger partial charge in [-0.15, -0.1) is 0 Å². The number of carbonyl (C=O) groups is 1. The largest absolute Gasteiger partial charge is 0.508 e. The lowest BCUT2D eigenvalue weighted by atomic mass is 10.1. The molecule has 0 radical (unpaired) electrons. The van der Waals surface area contributed by atoms with Gasteiger partial charge < -0.3 is 15.2 Å². The van der Waals surface area contributed by atoms with Crippen molar-refractivity contribution in [2.24, 2.45) is 0 Å². The summed E-state index contributed by atoms with van der Waals surface area (Å²) in [6.45, 7) is 2.48. The summed E-state index contributed by atoms with van der Waals surface area (Å²) in [6, 6.07) is 10.5. The molecule has 1 aliphatic rings. The number of amides is 1. The van der Waals surface area contributed by atoms with Crippen molar-refractivity contribution in [1.29, 1.82) is 0 Å². The predicted octanol–water partition coefficient (Wildman–Crippen LogP) is 2.89. The van der Waals surface area contributed by atoms with Crippen molar-refractivity contribution in [1.82, 2.24) is 0 Å². The number of nitrogens with one attached hydrogen (secondary N) is 1. The minimum absolute atomic E-state index is 0.171. The Labute approximate surface area is 117 Å². The van der Waals surface area contributed by atoms with Crippen LogP contribution in [-0.4, -0.2) is 17.6 Å². The van der Waals surface area contributed by atoms with Gasteiger partial charge in [0.2, 0.25) is 0 Å². The first-order chi connectivity index (χ1) is 9.63. The maximum absolute atomic E-state index is 12.2. The zero-order chi connectivity index (χ0) is 14.1. The van der Waals surface area contributed by atoms with Crippen molar-refractivity contribution in [2.75, 3.05) is 11.9 Å². The first kappa shape index (κ1) is 12.5. The number of ether oxygens (including phenoxy) is 1. The van der Waals surface area contributed by atoms with Crippen LogP contribution in [0.5, 0.6) is 11.5 Å². The smallest absolute Gasteiger partial charge is 0.255 e. The molecule has 2 aromatic rings. The minimum Gasteiger partial charge on any atom is -0.508 e. The monoisotopic (exact) mass is 269 g/mol. The Kier molecular flexibility index (Phi) is 3.06. The molecule has 1 aliphatic heterocycles. The van der Waals surface area contributed by atoms with Gasteiger partial charge in [0, 0.05) is 23.7 Å². The van der Waals surface area contributed by atoms with Crippen LogP contribution < -0.4 is 10.1 Å². The number of phenols is 1. The van der Waals surface area contributed by atoms with E-state index in [2.05, 4.69) is 5.32 Å². The molecular formula is C16H15NO3. The Morgan fingerprint density at radius 1 is 1.25 bits per heavy atom. The summed E-state index contributed by atoms with van der Waals surface area (Å²) in [5.41, 5.74) is 3.01. The van der Waals surface area contributed by atoms with Crippen LogP contribution in [0.2, 0.25) is 0 Å². The van der Waals surface area contributed by atoms with Crippen LogP contribution in [0.4, 0.5) is 5.69 Å². The van der Waals surface area contributed by atoms with Gasteiger partial charge in [-0.25, -0.2) is 0 Å². The molecule has 0 aromatic heterocycles. The first-order valence-corrected chi connectivity index (χ1v) is 6.50. The lowest BCUT2D eigenvalue weighted by Gasteiger charge is -2.08. The van der Waals surface area contributed by atoms with E-state index in [1.165, 1.54) is 0 Å². The summed E-state index contributed by atoms with van der Waals surface area (Å²) in [5.74, 6) is 0.836. The molecule has 0 saturated heterocycles. The maximum atomic E-state index is 12.2. The maximum Gasteiger partial charge on any atom is 0.255 e. The van der Waals surface area contributed by atoms with E-state index in [1.807, 2.05) is 12.1 Å². The van der Waals surface area contributed by atoms with Crippen LogP contribution in [0.1, 0.15) is 21.5 Å². The minimum atomic E-state index is -0.192. The molecule has 20 heavy (non-hydrogen) atoms. The van der Waals surface area contributed by atoms with E-state index in [1.54, 1.807) is 31.2 Å². The standard InChI is InChI=1S/C16H15NO3/c1-10-2-4-13(9-14(10)18)17-16(19)12-3-5-15-11(8-12)6-7-20-15/h2-5,8-9,18H,6-7H2,1H3,(H,17,19). The molecule has 0 fully saturated rings. The van der Waals surface area contributed by atoms with Gasteiger partial charge in [0.1, 0.15) is 11.5 Å². The number of benzene rings is 2.